The molecule has 38 heavy (non-hydrogen) atoms. The van der Waals surface area contributed by atoms with Gasteiger partial charge in [-0.05, 0) is 65.9 Å². The Bertz CT molecular complexity index is 1520. The van der Waals surface area contributed by atoms with E-state index in [1.165, 1.54) is 12.1 Å². The van der Waals surface area contributed by atoms with Gasteiger partial charge >= 0.3 is 0 Å². The van der Waals surface area contributed by atoms with Crippen LogP contribution in [0.4, 0.5) is 11.4 Å². The van der Waals surface area contributed by atoms with Crippen LogP contribution in [0.3, 0.4) is 0 Å². The Morgan fingerprint density at radius 3 is 2.47 bits per heavy atom. The minimum Gasteiger partial charge on any atom is -0.369 e. The molecule has 196 valence electrons. The number of non-ortho nitro benzene ring substituents is 1. The van der Waals surface area contributed by atoms with E-state index in [1.807, 2.05) is 29.8 Å². The third-order valence-corrected chi connectivity index (χ3v) is 7.86. The summed E-state index contributed by atoms with van der Waals surface area (Å²) < 4.78 is 1.94. The van der Waals surface area contributed by atoms with Crippen molar-refractivity contribution in [3.63, 3.8) is 0 Å². The second-order valence-electron chi connectivity index (χ2n) is 10.3. The number of H-pyrrole nitrogens is 1. The van der Waals surface area contributed by atoms with E-state index < -0.39 is 6.04 Å². The van der Waals surface area contributed by atoms with Crippen LogP contribution in [-0.2, 0) is 0 Å². The van der Waals surface area contributed by atoms with Gasteiger partial charge in [0.1, 0.15) is 6.04 Å². The van der Waals surface area contributed by atoms with E-state index in [1.54, 1.807) is 12.1 Å². The van der Waals surface area contributed by atoms with Crippen molar-refractivity contribution in [1.82, 2.24) is 30.1 Å². The molecule has 2 aromatic carbocycles. The first kappa shape index (κ1) is 24.2. The summed E-state index contributed by atoms with van der Waals surface area (Å²) >= 11 is 0. The highest BCUT2D eigenvalue weighted by atomic mass is 16.6. The van der Waals surface area contributed by atoms with Crippen LogP contribution in [0.5, 0.6) is 0 Å². The van der Waals surface area contributed by atoms with Crippen molar-refractivity contribution < 1.29 is 4.92 Å². The molecule has 11 heteroatoms. The van der Waals surface area contributed by atoms with Crippen molar-refractivity contribution in [1.29, 1.82) is 0 Å². The number of hydrogen-bond acceptors (Lipinski definition) is 8. The van der Waals surface area contributed by atoms with Crippen LogP contribution >= 0.6 is 0 Å². The smallest absolute Gasteiger partial charge is 0.269 e. The highest BCUT2D eigenvalue weighted by Gasteiger charge is 2.34. The van der Waals surface area contributed by atoms with Gasteiger partial charge in [0.15, 0.2) is 5.82 Å². The summed E-state index contributed by atoms with van der Waals surface area (Å²) in [5.74, 6) is 0.707. The number of anilines is 1. The molecule has 0 bridgehead atoms. The number of aromatic nitrogens is 5. The third kappa shape index (κ3) is 4.53. The molecular weight excluding hydrogens is 484 g/mol. The molecule has 1 aliphatic carbocycles. The maximum Gasteiger partial charge on any atom is 0.269 e. The van der Waals surface area contributed by atoms with Crippen molar-refractivity contribution >= 4 is 22.3 Å². The summed E-state index contributed by atoms with van der Waals surface area (Å²) in [5.41, 5.74) is 3.46. The van der Waals surface area contributed by atoms with E-state index in [9.17, 15) is 14.9 Å². The number of pyridine rings is 1. The van der Waals surface area contributed by atoms with Gasteiger partial charge in [-0.1, -0.05) is 24.5 Å². The summed E-state index contributed by atoms with van der Waals surface area (Å²) in [6.07, 6.45) is 4.37. The Kier molecular flexibility index (Phi) is 6.36. The number of aryl methyl sites for hydroxylation is 1. The fraction of sp³-hybridized carbons (Fsp3) is 0.407. The molecule has 2 fully saturated rings. The number of nitrogens with zero attached hydrogens (tertiary/aromatic N) is 7. The molecule has 1 atom stereocenters. The highest BCUT2D eigenvalue weighted by molar-refractivity contribution is 5.79. The van der Waals surface area contributed by atoms with Crippen molar-refractivity contribution in [3.8, 4) is 0 Å². The maximum atomic E-state index is 13.5. The molecule has 0 unspecified atom stereocenters. The molecule has 4 aromatic rings. The van der Waals surface area contributed by atoms with Gasteiger partial charge in [0.05, 0.1) is 11.0 Å². The number of nitro benzene ring substituents is 1. The monoisotopic (exact) mass is 514 g/mol. The van der Waals surface area contributed by atoms with Crippen LogP contribution in [-0.4, -0.2) is 61.2 Å². The zero-order valence-corrected chi connectivity index (χ0v) is 21.3. The Morgan fingerprint density at radius 2 is 1.76 bits per heavy atom. The SMILES string of the molecule is Cc1ccc2[nH]c(=O)c([C@@H](c3nnnn3C3CCCC3)N3CCN(c4ccc([N+](=O)[O-])cc4)CC3)cc2c1. The number of benzene rings is 2. The molecule has 1 aliphatic heterocycles. The van der Waals surface area contributed by atoms with Crippen LogP contribution < -0.4 is 10.5 Å². The average Bonchev–Trinajstić information content (AvgIpc) is 3.62. The summed E-state index contributed by atoms with van der Waals surface area (Å²) in [5, 5.41) is 24.9. The third-order valence-electron chi connectivity index (χ3n) is 7.86. The summed E-state index contributed by atoms with van der Waals surface area (Å²) in [6.45, 7) is 4.84. The molecule has 0 amide bonds. The van der Waals surface area contributed by atoms with Crippen LogP contribution in [0.1, 0.15) is 54.7 Å². The summed E-state index contributed by atoms with van der Waals surface area (Å²) in [7, 11) is 0. The van der Waals surface area contributed by atoms with Crippen molar-refractivity contribution in [3.05, 3.63) is 86.0 Å². The van der Waals surface area contributed by atoms with E-state index in [4.69, 9.17) is 0 Å². The van der Waals surface area contributed by atoms with Crippen LogP contribution in [0.2, 0.25) is 0 Å². The molecule has 1 saturated carbocycles. The summed E-state index contributed by atoms with van der Waals surface area (Å²) in [4.78, 5) is 31.7. The van der Waals surface area contributed by atoms with Gasteiger partial charge in [-0.25, -0.2) is 4.68 Å². The van der Waals surface area contributed by atoms with Crippen LogP contribution in [0.15, 0.2) is 53.3 Å². The first-order valence-electron chi connectivity index (χ1n) is 13.1. The number of nitrogens with one attached hydrogen (secondary N) is 1. The first-order chi connectivity index (χ1) is 18.5. The van der Waals surface area contributed by atoms with Gasteiger partial charge in [-0.2, -0.15) is 0 Å². The standard InChI is InChI=1S/C27H30N8O3/c1-18-6-11-24-19(16-18)17-23(27(36)28-24)25(26-29-30-31-34(26)21-4-2-3-5-21)33-14-12-32(13-15-33)20-7-9-22(10-8-20)35(37)38/h6-11,16-17,21,25H,2-5,12-15H2,1H3,(H,28,36)/t25-/m0/s1. The van der Waals surface area contributed by atoms with E-state index in [0.29, 0.717) is 37.6 Å². The average molecular weight is 515 g/mol. The largest absolute Gasteiger partial charge is 0.369 e. The Balaban J connectivity index is 1.35. The second-order valence-corrected chi connectivity index (χ2v) is 10.3. The van der Waals surface area contributed by atoms with E-state index in [0.717, 1.165) is 47.8 Å². The lowest BCUT2D eigenvalue weighted by Crippen LogP contribution is -2.49. The van der Waals surface area contributed by atoms with Gasteiger partial charge in [-0.15, -0.1) is 5.10 Å². The van der Waals surface area contributed by atoms with E-state index in [2.05, 4.69) is 36.4 Å². The molecule has 2 aromatic heterocycles. The van der Waals surface area contributed by atoms with Gasteiger partial charge in [0, 0.05) is 55.1 Å². The molecule has 0 radical (unpaired) electrons. The van der Waals surface area contributed by atoms with Gasteiger partial charge in [0.2, 0.25) is 0 Å². The quantitative estimate of drug-likeness (QED) is 0.304. The van der Waals surface area contributed by atoms with Gasteiger partial charge < -0.3 is 9.88 Å². The number of piperazine rings is 1. The number of tetrazole rings is 1. The zero-order chi connectivity index (χ0) is 26.2. The number of fused-ring (bicyclic) bond motifs is 1. The van der Waals surface area contributed by atoms with E-state index in [-0.39, 0.29) is 22.2 Å². The molecule has 0 spiro atoms. The lowest BCUT2D eigenvalue weighted by Gasteiger charge is -2.39. The topological polar surface area (TPSA) is 126 Å². The molecular formula is C27H30N8O3. The molecule has 2 aliphatic rings. The minimum absolute atomic E-state index is 0.0805. The second kappa shape index (κ2) is 9.97. The fourth-order valence-electron chi connectivity index (χ4n) is 5.86. The zero-order valence-electron chi connectivity index (χ0n) is 21.3. The van der Waals surface area contributed by atoms with Gasteiger partial charge in [0.25, 0.3) is 11.2 Å². The fourth-order valence-corrected chi connectivity index (χ4v) is 5.86. The number of hydrogen-bond donors (Lipinski definition) is 1. The number of rotatable bonds is 6. The highest BCUT2D eigenvalue weighted by Crippen LogP contribution is 2.34. The van der Waals surface area contributed by atoms with Crippen LogP contribution in [0, 0.1) is 17.0 Å². The van der Waals surface area contributed by atoms with Gasteiger partial charge in [-0.3, -0.25) is 19.8 Å². The normalized spacial score (nSPS) is 17.8. The Hall–Kier alpha value is -4.12. The predicted octanol–water partition coefficient (Wildman–Crippen LogP) is 3.76. The minimum atomic E-state index is -0.390. The van der Waals surface area contributed by atoms with Crippen molar-refractivity contribution in [2.45, 2.75) is 44.7 Å². The molecule has 6 rings (SSSR count). The van der Waals surface area contributed by atoms with Crippen LogP contribution in [0.25, 0.3) is 10.9 Å². The molecule has 11 nitrogen and oxygen atoms in total. The molecule has 1 saturated heterocycles. The van der Waals surface area contributed by atoms with Crippen molar-refractivity contribution in [2.24, 2.45) is 0 Å². The molecule has 1 N–H and O–H groups in total. The van der Waals surface area contributed by atoms with E-state index >= 15 is 0 Å². The lowest BCUT2D eigenvalue weighted by atomic mass is 10.0. The number of nitro groups is 1. The lowest BCUT2D eigenvalue weighted by molar-refractivity contribution is -0.384. The van der Waals surface area contributed by atoms with Crippen molar-refractivity contribution in [2.75, 3.05) is 31.1 Å². The maximum absolute atomic E-state index is 13.5. The molecule has 3 heterocycles. The predicted molar refractivity (Wildman–Crippen MR) is 143 cm³/mol. The summed E-state index contributed by atoms with van der Waals surface area (Å²) in [6, 6.07) is 14.5. The number of aromatic amines is 1. The first-order valence-corrected chi connectivity index (χ1v) is 13.1. The Morgan fingerprint density at radius 1 is 1.03 bits per heavy atom. The Labute approximate surface area is 219 Å².